The van der Waals surface area contributed by atoms with Gasteiger partial charge in [0.1, 0.15) is 0 Å². The molecule has 82 heavy (non-hydrogen) atoms. The second-order valence-corrected chi connectivity index (χ2v) is 26.8. The molecule has 0 bridgehead atoms. The first-order valence-corrected chi connectivity index (χ1v) is 37.7. The molecule has 0 spiro atoms. The van der Waals surface area contributed by atoms with Gasteiger partial charge in [-0.05, 0) is 98.9 Å². The largest absolute Gasteiger partial charge is 0.244 e. The van der Waals surface area contributed by atoms with Crippen molar-refractivity contribution >= 4 is 22.1 Å². The summed E-state index contributed by atoms with van der Waals surface area (Å²) in [4.78, 5) is 0. The van der Waals surface area contributed by atoms with E-state index in [9.17, 15) is 0 Å². The summed E-state index contributed by atoms with van der Waals surface area (Å²) < 4.78 is 10.5. The van der Waals surface area contributed by atoms with E-state index in [1.54, 1.807) is 0 Å². The number of fused-ring (bicyclic) bond motifs is 2. The van der Waals surface area contributed by atoms with Crippen LogP contribution >= 0.6 is 0 Å². The molecule has 2 heterocycles. The number of hydrogen-bond acceptors (Lipinski definition) is 0. The smallest absolute Gasteiger partial charge is 0.230 e. The summed E-state index contributed by atoms with van der Waals surface area (Å²) in [6.45, 7) is 13.8. The van der Waals surface area contributed by atoms with Gasteiger partial charge in [0.25, 0.3) is 0 Å². The Morgan fingerprint density at radius 3 is 0.646 bits per heavy atom. The summed E-state index contributed by atoms with van der Waals surface area (Å²) >= 11 is 0. The molecule has 0 N–H and O–H groups in total. The number of nitrogens with zero attached hydrogens (tertiary/aromatic N) is 4. The Morgan fingerprint density at radius 1 is 0.232 bits per heavy atom. The molecule has 0 aliphatic rings. The predicted molar refractivity (Wildman–Crippen MR) is 365 cm³/mol. The van der Waals surface area contributed by atoms with E-state index in [1.165, 1.54) is 393 Å². The molecule has 4 heteroatoms. The van der Waals surface area contributed by atoms with Crippen molar-refractivity contribution in [3.63, 3.8) is 0 Å². The zero-order valence-electron chi connectivity index (χ0n) is 55.8. The van der Waals surface area contributed by atoms with Gasteiger partial charge in [-0.2, -0.15) is 0 Å². The van der Waals surface area contributed by atoms with Crippen molar-refractivity contribution in [2.45, 2.75) is 413 Å². The highest BCUT2D eigenvalue weighted by Gasteiger charge is 2.20. The molecule has 2 aromatic carbocycles. The van der Waals surface area contributed by atoms with Crippen LogP contribution in [-0.2, 0) is 26.2 Å². The van der Waals surface area contributed by atoms with E-state index in [0.29, 0.717) is 0 Å². The molecule has 0 aliphatic heterocycles. The fraction of sp³-hybridized carbons (Fsp3) is 0.821. The minimum absolute atomic E-state index is 1.13. The lowest BCUT2D eigenvalue weighted by atomic mass is 10.0. The maximum atomic E-state index is 2.64. The molecule has 2 aromatic heterocycles. The van der Waals surface area contributed by atoms with Crippen molar-refractivity contribution in [1.82, 2.24) is 9.13 Å². The van der Waals surface area contributed by atoms with E-state index in [-0.39, 0.29) is 0 Å². The highest BCUT2D eigenvalue weighted by molar-refractivity contribution is 5.84. The standard InChI is InChI=1S/C78H140N4/c1-5-9-13-17-21-25-29-33-37-41-45-49-53-57-65-79-71-81(67-59-55-51-47-43-39-35-31-27-23-19-15-11-7-3)77-69-73(61-63-75(77)79)74-62-64-76-78(70-74)82(68-60-56-52-48-44-40-36-32-28-24-20-16-12-8-4)72-80(76)66-58-54-50-46-42-38-34-30-26-22-18-14-10-6-2/h61-64,69-72H,5-60,65-68H2,1-4H3/q+2. The number of aromatic nitrogens is 4. The van der Waals surface area contributed by atoms with Crippen molar-refractivity contribution in [2.24, 2.45) is 0 Å². The highest BCUT2D eigenvalue weighted by atomic mass is 15.1. The number of hydrogen-bond donors (Lipinski definition) is 0. The normalized spacial score (nSPS) is 11.9. The Morgan fingerprint density at radius 2 is 0.427 bits per heavy atom. The third kappa shape index (κ3) is 33.9. The molecule has 0 unspecified atom stereocenters. The molecule has 0 saturated carbocycles. The van der Waals surface area contributed by atoms with Gasteiger partial charge in [0.2, 0.25) is 12.7 Å². The third-order valence-electron chi connectivity index (χ3n) is 19.1. The minimum Gasteiger partial charge on any atom is -0.230 e. The van der Waals surface area contributed by atoms with Gasteiger partial charge < -0.3 is 0 Å². The fourth-order valence-electron chi connectivity index (χ4n) is 13.6. The summed E-state index contributed by atoms with van der Waals surface area (Å²) in [6.07, 6.45) is 84.2. The summed E-state index contributed by atoms with van der Waals surface area (Å²) in [6, 6.07) is 15.0. The number of unbranched alkanes of at least 4 members (excludes halogenated alkanes) is 52. The monoisotopic (exact) mass is 1130 g/mol. The van der Waals surface area contributed by atoms with Crippen LogP contribution in [0.2, 0.25) is 0 Å². The topological polar surface area (TPSA) is 17.6 Å². The molecule has 0 radical (unpaired) electrons. The SMILES string of the molecule is CCCCCCCCCCCCCCCCn1c[n+](CCCCCCCCCCCCCCCC)c2ccc(-c3ccc4c(c3)n(CCCCCCCCCCCCCCCC)c[n+]4CCCCCCCCCCCCCCCC)cc21. The quantitative estimate of drug-likeness (QED) is 0.0310. The van der Waals surface area contributed by atoms with Crippen LogP contribution in [0.4, 0.5) is 0 Å². The Labute approximate surface area is 511 Å². The molecule has 470 valence electrons. The molecule has 4 aromatic rings. The average molecular weight is 1130 g/mol. The van der Waals surface area contributed by atoms with Gasteiger partial charge in [-0.25, -0.2) is 18.3 Å². The summed E-state index contributed by atoms with van der Waals surface area (Å²) in [5.74, 6) is 0. The molecule has 4 nitrogen and oxygen atoms in total. The van der Waals surface area contributed by atoms with Crippen molar-refractivity contribution in [2.75, 3.05) is 0 Å². The maximum absolute atomic E-state index is 2.64. The van der Waals surface area contributed by atoms with E-state index >= 15 is 0 Å². The van der Waals surface area contributed by atoms with E-state index in [2.05, 4.69) is 95.0 Å². The Bertz CT molecular complexity index is 1880. The Balaban J connectivity index is 1.35. The second kappa shape index (κ2) is 51.6. The van der Waals surface area contributed by atoms with Gasteiger partial charge in [-0.15, -0.1) is 0 Å². The van der Waals surface area contributed by atoms with Gasteiger partial charge in [-0.1, -0.05) is 336 Å². The Hall–Kier alpha value is -2.62. The minimum atomic E-state index is 1.13. The van der Waals surface area contributed by atoms with Crippen molar-refractivity contribution in [3.05, 3.63) is 49.1 Å². The predicted octanol–water partition coefficient (Wildman–Crippen LogP) is 25.8. The second-order valence-electron chi connectivity index (χ2n) is 26.8. The number of imidazole rings is 2. The van der Waals surface area contributed by atoms with Gasteiger partial charge in [-0.3, -0.25) is 0 Å². The van der Waals surface area contributed by atoms with Crippen LogP contribution in [0.3, 0.4) is 0 Å². The summed E-state index contributed by atoms with van der Waals surface area (Å²) in [7, 11) is 0. The highest BCUT2D eigenvalue weighted by Crippen LogP contribution is 2.28. The molecule has 4 rings (SSSR count). The molecule has 0 atom stereocenters. The van der Waals surface area contributed by atoms with Crippen molar-refractivity contribution < 1.29 is 9.13 Å². The first-order valence-electron chi connectivity index (χ1n) is 37.7. The van der Waals surface area contributed by atoms with Crippen LogP contribution in [0, 0.1) is 0 Å². The molecular formula is C78H140N4+2. The summed E-state index contributed by atoms with van der Waals surface area (Å²) in [5, 5.41) is 0. The lowest BCUT2D eigenvalue weighted by Gasteiger charge is -2.05. The maximum Gasteiger partial charge on any atom is 0.244 e. The lowest BCUT2D eigenvalue weighted by Crippen LogP contribution is -2.32. The number of aryl methyl sites for hydroxylation is 4. The molecule has 0 fully saturated rings. The van der Waals surface area contributed by atoms with Crippen molar-refractivity contribution in [1.29, 1.82) is 0 Å². The van der Waals surface area contributed by atoms with E-state index in [0.717, 1.165) is 26.2 Å². The van der Waals surface area contributed by atoms with E-state index < -0.39 is 0 Å². The van der Waals surface area contributed by atoms with Gasteiger partial charge in [0.15, 0.2) is 22.1 Å². The fourth-order valence-corrected chi connectivity index (χ4v) is 13.6. The van der Waals surface area contributed by atoms with Crippen LogP contribution in [0.25, 0.3) is 33.2 Å². The van der Waals surface area contributed by atoms with Crippen LogP contribution in [0.15, 0.2) is 49.1 Å². The number of rotatable bonds is 61. The van der Waals surface area contributed by atoms with Crippen LogP contribution in [0.1, 0.15) is 387 Å². The van der Waals surface area contributed by atoms with E-state index in [1.807, 2.05) is 0 Å². The van der Waals surface area contributed by atoms with Gasteiger partial charge in [0.05, 0.1) is 26.2 Å². The zero-order valence-corrected chi connectivity index (χ0v) is 55.8. The zero-order chi connectivity index (χ0) is 57.9. The molecule has 0 aliphatic carbocycles. The Kier molecular flexibility index (Phi) is 45.2. The third-order valence-corrected chi connectivity index (χ3v) is 19.1. The first kappa shape index (κ1) is 71.9. The summed E-state index contributed by atoms with van der Waals surface area (Å²) in [5.41, 5.74) is 8.48. The van der Waals surface area contributed by atoms with Crippen LogP contribution in [0.5, 0.6) is 0 Å². The number of benzene rings is 2. The molecule has 0 saturated heterocycles. The van der Waals surface area contributed by atoms with Gasteiger partial charge in [0, 0.05) is 0 Å². The van der Waals surface area contributed by atoms with Crippen LogP contribution in [-0.4, -0.2) is 9.13 Å². The van der Waals surface area contributed by atoms with Crippen molar-refractivity contribution in [3.8, 4) is 11.1 Å². The lowest BCUT2D eigenvalue weighted by molar-refractivity contribution is -0.672. The van der Waals surface area contributed by atoms with Crippen LogP contribution < -0.4 is 9.13 Å². The van der Waals surface area contributed by atoms with Gasteiger partial charge >= 0.3 is 0 Å². The average Bonchev–Trinajstić information content (AvgIpc) is 4.23. The molecular weight excluding hydrogens is 993 g/mol. The van der Waals surface area contributed by atoms with E-state index in [4.69, 9.17) is 0 Å². The molecule has 0 amide bonds. The first-order chi connectivity index (χ1) is 40.7.